The molecule has 0 aromatic heterocycles. The molecule has 0 heterocycles. The van der Waals surface area contributed by atoms with Crippen LogP contribution in [0.25, 0.3) is 0 Å². The predicted molar refractivity (Wildman–Crippen MR) is 252 cm³/mol. The van der Waals surface area contributed by atoms with Crippen LogP contribution in [0.15, 0.2) is 0 Å². The monoisotopic (exact) mass is 2330 g/mol. The summed E-state index contributed by atoms with van der Waals surface area (Å²) in [6.45, 7) is 16.1. The Morgan fingerprint density at radius 1 is 0.329 bits per heavy atom. The Morgan fingerprint density at radius 2 is 0.573 bits per heavy atom. The molecule has 0 fully saturated rings. The van der Waals surface area contributed by atoms with Gasteiger partial charge in [-0.2, -0.15) is 0 Å². The molecule has 4 unspecified atom stereocenters. The van der Waals surface area contributed by atoms with Crippen molar-refractivity contribution in [1.29, 1.82) is 0 Å². The van der Waals surface area contributed by atoms with Crippen molar-refractivity contribution in [3.05, 3.63) is 0 Å². The van der Waals surface area contributed by atoms with Crippen LogP contribution in [-0.4, -0.2) is 278 Å². The van der Waals surface area contributed by atoms with E-state index in [0.29, 0.717) is 78.5 Å². The fourth-order valence-corrected chi connectivity index (χ4v) is 5.09. The van der Waals surface area contributed by atoms with Crippen molar-refractivity contribution in [2.24, 2.45) is 16.2 Å². The molecule has 0 aliphatic rings. The summed E-state index contributed by atoms with van der Waals surface area (Å²) in [6, 6.07) is 0. The Kier molecular flexibility index (Phi) is 217. The van der Waals surface area contributed by atoms with Crippen molar-refractivity contribution in [3.63, 3.8) is 0 Å². The van der Waals surface area contributed by atoms with Gasteiger partial charge in [0.1, 0.15) is 0 Å². The number of rotatable bonds is 41. The zero-order valence-corrected chi connectivity index (χ0v) is 93.3. The van der Waals surface area contributed by atoms with E-state index in [0.717, 1.165) is 19.3 Å². The summed E-state index contributed by atoms with van der Waals surface area (Å²) in [6.07, 6.45) is 2.06. The number of unbranched alkanes of at least 4 members (excludes halogenated alkanes) is 1. The summed E-state index contributed by atoms with van der Waals surface area (Å²) in [5.41, 5.74) is -1.32. The summed E-state index contributed by atoms with van der Waals surface area (Å²) < 4.78 is 32.7. The number of aliphatic hydroxyl groups excluding tert-OH is 15. The first-order valence-corrected chi connectivity index (χ1v) is 23.6. The van der Waals surface area contributed by atoms with Crippen LogP contribution in [0.4, 0.5) is 0 Å². The quantitative estimate of drug-likeness (QED) is 0.0273. The molecule has 82 heavy (non-hydrogen) atoms. The average molecular weight is 2330 g/mol. The minimum Gasteiger partial charge on any atom is -0.396 e. The van der Waals surface area contributed by atoms with E-state index >= 15 is 0 Å². The Balaban J connectivity index is -0.0000000323. The summed E-state index contributed by atoms with van der Waals surface area (Å²) in [5.74, 6) is 0. The van der Waals surface area contributed by atoms with E-state index in [1.165, 1.54) is 0 Å². The van der Waals surface area contributed by atoms with Crippen molar-refractivity contribution in [3.8, 4) is 0 Å². The van der Waals surface area contributed by atoms with Gasteiger partial charge in [-0.1, -0.05) is 20.8 Å². The third-order valence-electron chi connectivity index (χ3n) is 9.89. The molecule has 0 saturated heterocycles. The molecule has 22 nitrogen and oxygen atoms in total. The molecule has 0 saturated carbocycles. The maximum absolute atomic E-state index is 9.27. The Labute approximate surface area is 872 Å². The van der Waals surface area contributed by atoms with E-state index in [4.69, 9.17) is 89.7 Å². The molecule has 0 aliphatic heterocycles. The first kappa shape index (κ1) is 151. The largest absolute Gasteiger partial charge is 0.396 e. The summed E-state index contributed by atoms with van der Waals surface area (Å²) in [5, 5.41) is 131. The summed E-state index contributed by atoms with van der Waals surface area (Å²) in [7, 11) is 0. The maximum Gasteiger partial charge on any atom is 0.0771 e. The van der Waals surface area contributed by atoms with Gasteiger partial charge < -0.3 is 105 Å². The van der Waals surface area contributed by atoms with Crippen LogP contribution >= 0.6 is 0 Å². The predicted octanol–water partition coefficient (Wildman–Crippen LogP) is -2.93. The van der Waals surface area contributed by atoms with Crippen molar-refractivity contribution in [2.75, 3.05) is 172 Å². The van der Waals surface area contributed by atoms with Crippen molar-refractivity contribution in [2.45, 2.75) is 104 Å². The first-order valence-electron chi connectivity index (χ1n) is 23.6. The maximum atomic E-state index is 9.27. The van der Waals surface area contributed by atoms with Gasteiger partial charge in [-0.25, -0.2) is 0 Å². The minimum atomic E-state index is -0.667. The topological polar surface area (TPSA) is 362 Å². The Hall–Kier alpha value is 15.7. The molecule has 15 radical (unpaired) electrons. The normalized spacial score (nSPS) is 11.6. The van der Waals surface area contributed by atoms with Crippen molar-refractivity contribution in [1.82, 2.24) is 4.90 Å². The van der Waals surface area contributed by atoms with E-state index in [9.17, 15) is 15.3 Å². The molecule has 0 aliphatic carbocycles. The van der Waals surface area contributed by atoms with Crippen molar-refractivity contribution < 1.29 is 596 Å². The molecule has 0 amide bonds. The second-order valence-electron chi connectivity index (χ2n) is 16.5. The van der Waals surface area contributed by atoms with E-state index in [2.05, 4.69) is 0 Å². The van der Waals surface area contributed by atoms with Gasteiger partial charge in [0.15, 0.2) is 0 Å². The number of hydrogen-bond acceptors (Lipinski definition) is 22. The van der Waals surface area contributed by atoms with Gasteiger partial charge in [0, 0.05) is 533 Å². The molecule has 0 spiro atoms. The molecule has 0 aromatic rings. The third kappa shape index (κ3) is 109. The average Bonchev–Trinajstić information content (AvgIpc) is 3.30. The first-order chi connectivity index (χ1) is 31.9. The van der Waals surface area contributed by atoms with Gasteiger partial charge in [0.2, 0.25) is 0 Å². The van der Waals surface area contributed by atoms with Crippen LogP contribution in [-0.2, 0) is 519 Å². The Morgan fingerprint density at radius 3 is 0.732 bits per heavy atom. The van der Waals surface area contributed by atoms with Crippen LogP contribution in [0, 0.1) is 16.2 Å². The summed E-state index contributed by atoms with van der Waals surface area (Å²) in [4.78, 5) is 1.79. The smallest absolute Gasteiger partial charge is 0.0771 e. The van der Waals surface area contributed by atoms with Gasteiger partial charge >= 0.3 is 0 Å². The van der Waals surface area contributed by atoms with E-state index < -0.39 is 29.8 Å². The van der Waals surface area contributed by atoms with Crippen molar-refractivity contribution >= 4 is 0 Å². The SMILES string of the molecule is CCC(CO)(CO)CO.CCC(COCC(C)O)(COCC(C)O)COCC(C)O.CCC(COCCO)(COCCO)COCCO.OCCCCC(O)CO.OCCN(CCO)CCO.[Y].[Y].[Y].[Y].[Y].[Y].[Y].[Y].[Y].[Y].[Y].[Y].[Y].[Y].[Y]. The van der Waals surface area contributed by atoms with Gasteiger partial charge in [0.05, 0.1) is 170 Å². The minimum absolute atomic E-state index is 0. The van der Waals surface area contributed by atoms with Crippen LogP contribution in [0.3, 0.4) is 0 Å². The molecular weight excluding hydrogens is 2220 g/mol. The van der Waals surface area contributed by atoms with E-state index in [1.54, 1.807) is 25.7 Å². The van der Waals surface area contributed by atoms with Gasteiger partial charge in [0.25, 0.3) is 0 Å². The summed E-state index contributed by atoms with van der Waals surface area (Å²) >= 11 is 0. The third-order valence-corrected chi connectivity index (χ3v) is 9.89. The van der Waals surface area contributed by atoms with Gasteiger partial charge in [-0.3, -0.25) is 4.90 Å². The number of hydrogen-bond donors (Lipinski definition) is 15. The van der Waals surface area contributed by atoms with E-state index in [-0.39, 0.29) is 614 Å². The number of nitrogens with zero attached hydrogens (tertiary/aromatic N) is 1. The molecule has 457 valence electrons. The molecule has 4 atom stereocenters. The molecule has 15 N–H and O–H groups in total. The number of ether oxygens (including phenoxy) is 6. The molecule has 0 rings (SSSR count). The van der Waals surface area contributed by atoms with Crippen LogP contribution in [0.5, 0.6) is 0 Å². The van der Waals surface area contributed by atoms with Gasteiger partial charge in [-0.05, 0) is 59.3 Å². The molecule has 0 bridgehead atoms. The number of aliphatic hydroxyl groups is 15. The van der Waals surface area contributed by atoms with Crippen LogP contribution in [0.2, 0.25) is 0 Å². The fourth-order valence-electron chi connectivity index (χ4n) is 5.09. The zero-order chi connectivity index (χ0) is 52.3. The van der Waals surface area contributed by atoms with E-state index in [1.807, 2.05) is 20.8 Å². The van der Waals surface area contributed by atoms with Crippen LogP contribution < -0.4 is 0 Å². The molecular formula is C45H101NO21Y15. The fraction of sp³-hybridized carbons (Fsp3) is 1.00. The second kappa shape index (κ2) is 118. The second-order valence-corrected chi connectivity index (χ2v) is 16.5. The zero-order valence-electron chi connectivity index (χ0n) is 50.7. The van der Waals surface area contributed by atoms with Crippen LogP contribution in [0.1, 0.15) is 80.1 Å². The Bertz CT molecular complexity index is 886. The van der Waals surface area contributed by atoms with Gasteiger partial charge in [-0.15, -0.1) is 0 Å². The standard InChI is InChI=1S/C15H32O6.C12H26O6.C6H15NO3.2C6H14O3.15Y/c1-5-15(9-19-6-12(2)16,10-20-7-13(3)17)11-21-8-14(4)18;1-2-12(9-16-6-3-13,10-17-7-4-14)11-18-8-5-15;8-4-1-7(2-5-9)3-6-10;1-2-6(3-7,4-8)5-9;7-4-2-1-3-6(9)5-8;;;;;;;;;;;;;;;/h12-14,16-18H,5-11H2,1-4H3;13-15H,2-11H2,1H3;8-10H,1-6H2;7-9H,2-5H2,1H3;6-9H,1-5H2;;;;;;;;;;;;;;;. The molecule has 37 heteroatoms. The molecule has 0 aromatic carbocycles.